The summed E-state index contributed by atoms with van der Waals surface area (Å²) in [6, 6.07) is 13.4. The van der Waals surface area contributed by atoms with Gasteiger partial charge in [0, 0.05) is 10.7 Å². The molecule has 0 aliphatic heterocycles. The van der Waals surface area contributed by atoms with Crippen LogP contribution in [0.1, 0.15) is 5.56 Å². The SMILES string of the molecule is Cc1ccc(Nc2ccccc2Cl)cc1Cl. The van der Waals surface area contributed by atoms with Gasteiger partial charge in [0.25, 0.3) is 0 Å². The summed E-state index contributed by atoms with van der Waals surface area (Å²) in [6.45, 7) is 1.97. The lowest BCUT2D eigenvalue weighted by Crippen LogP contribution is -1.91. The number of anilines is 2. The average molecular weight is 252 g/mol. The van der Waals surface area contributed by atoms with E-state index in [9.17, 15) is 0 Å². The highest BCUT2D eigenvalue weighted by atomic mass is 35.5. The fourth-order valence-corrected chi connectivity index (χ4v) is 1.75. The number of para-hydroxylation sites is 1. The van der Waals surface area contributed by atoms with E-state index in [2.05, 4.69) is 5.32 Å². The molecule has 0 unspecified atom stereocenters. The van der Waals surface area contributed by atoms with Crippen molar-refractivity contribution in [1.82, 2.24) is 0 Å². The van der Waals surface area contributed by atoms with Crippen molar-refractivity contribution in [3.8, 4) is 0 Å². The quantitative estimate of drug-likeness (QED) is 0.788. The van der Waals surface area contributed by atoms with Gasteiger partial charge in [-0.2, -0.15) is 0 Å². The summed E-state index contributed by atoms with van der Waals surface area (Å²) < 4.78 is 0. The maximum atomic E-state index is 6.05. The molecule has 16 heavy (non-hydrogen) atoms. The Labute approximate surface area is 105 Å². The van der Waals surface area contributed by atoms with Crippen LogP contribution in [0.3, 0.4) is 0 Å². The molecule has 0 atom stereocenters. The molecule has 2 aromatic carbocycles. The van der Waals surface area contributed by atoms with Crippen molar-refractivity contribution in [2.75, 3.05) is 5.32 Å². The van der Waals surface area contributed by atoms with Gasteiger partial charge < -0.3 is 5.32 Å². The van der Waals surface area contributed by atoms with Gasteiger partial charge in [0.2, 0.25) is 0 Å². The predicted molar refractivity (Wildman–Crippen MR) is 70.9 cm³/mol. The third-order valence-electron chi connectivity index (χ3n) is 2.32. The minimum Gasteiger partial charge on any atom is -0.354 e. The zero-order valence-corrected chi connectivity index (χ0v) is 10.3. The molecule has 0 saturated carbocycles. The van der Waals surface area contributed by atoms with Crippen LogP contribution in [-0.2, 0) is 0 Å². The molecule has 3 heteroatoms. The summed E-state index contributed by atoms with van der Waals surface area (Å²) in [5, 5.41) is 4.66. The molecule has 2 aromatic rings. The van der Waals surface area contributed by atoms with E-state index in [1.807, 2.05) is 49.4 Å². The second-order valence-corrected chi connectivity index (χ2v) is 4.38. The fraction of sp³-hybridized carbons (Fsp3) is 0.0769. The van der Waals surface area contributed by atoms with Gasteiger partial charge in [-0.15, -0.1) is 0 Å². The first-order valence-corrected chi connectivity index (χ1v) is 5.70. The van der Waals surface area contributed by atoms with Gasteiger partial charge in [0.1, 0.15) is 0 Å². The summed E-state index contributed by atoms with van der Waals surface area (Å²) >= 11 is 12.1. The van der Waals surface area contributed by atoms with Crippen molar-refractivity contribution in [3.63, 3.8) is 0 Å². The lowest BCUT2D eigenvalue weighted by molar-refractivity contribution is 1.45. The van der Waals surface area contributed by atoms with Gasteiger partial charge in [-0.05, 0) is 36.8 Å². The Morgan fingerprint density at radius 2 is 1.69 bits per heavy atom. The van der Waals surface area contributed by atoms with Gasteiger partial charge in [-0.1, -0.05) is 41.4 Å². The van der Waals surface area contributed by atoms with Crippen LogP contribution in [0.25, 0.3) is 0 Å². The van der Waals surface area contributed by atoms with E-state index in [-0.39, 0.29) is 0 Å². The first kappa shape index (κ1) is 11.3. The van der Waals surface area contributed by atoms with Crippen molar-refractivity contribution < 1.29 is 0 Å². The first-order valence-electron chi connectivity index (χ1n) is 4.94. The minimum absolute atomic E-state index is 0.694. The van der Waals surface area contributed by atoms with Crippen LogP contribution in [0, 0.1) is 6.92 Å². The van der Waals surface area contributed by atoms with E-state index >= 15 is 0 Å². The highest BCUT2D eigenvalue weighted by molar-refractivity contribution is 6.33. The molecule has 0 aromatic heterocycles. The number of hydrogen-bond donors (Lipinski definition) is 1. The minimum atomic E-state index is 0.694. The molecular formula is C13H11Cl2N. The standard InChI is InChI=1S/C13H11Cl2N/c1-9-6-7-10(8-12(9)15)16-13-5-3-2-4-11(13)14/h2-8,16H,1H3. The Morgan fingerprint density at radius 3 is 2.38 bits per heavy atom. The largest absolute Gasteiger partial charge is 0.354 e. The molecule has 0 spiro atoms. The van der Waals surface area contributed by atoms with E-state index in [4.69, 9.17) is 23.2 Å². The van der Waals surface area contributed by atoms with E-state index in [0.29, 0.717) is 5.02 Å². The Balaban J connectivity index is 2.28. The number of hydrogen-bond acceptors (Lipinski definition) is 1. The van der Waals surface area contributed by atoms with Crippen molar-refractivity contribution in [2.24, 2.45) is 0 Å². The van der Waals surface area contributed by atoms with Crippen LogP contribution in [0.15, 0.2) is 42.5 Å². The lowest BCUT2D eigenvalue weighted by Gasteiger charge is -2.09. The second kappa shape index (κ2) is 4.77. The number of halogens is 2. The summed E-state index contributed by atoms with van der Waals surface area (Å²) in [6.07, 6.45) is 0. The van der Waals surface area contributed by atoms with Crippen molar-refractivity contribution in [1.29, 1.82) is 0 Å². The fourth-order valence-electron chi connectivity index (χ4n) is 1.39. The van der Waals surface area contributed by atoms with Gasteiger partial charge >= 0.3 is 0 Å². The van der Waals surface area contributed by atoms with Crippen molar-refractivity contribution >= 4 is 34.6 Å². The molecule has 0 fully saturated rings. The number of benzene rings is 2. The molecule has 0 radical (unpaired) electrons. The zero-order valence-electron chi connectivity index (χ0n) is 8.80. The monoisotopic (exact) mass is 251 g/mol. The Morgan fingerprint density at radius 1 is 0.938 bits per heavy atom. The lowest BCUT2D eigenvalue weighted by atomic mass is 10.2. The van der Waals surface area contributed by atoms with E-state index in [0.717, 1.165) is 22.0 Å². The molecule has 1 N–H and O–H groups in total. The molecule has 2 rings (SSSR count). The highest BCUT2D eigenvalue weighted by Gasteiger charge is 2.01. The van der Waals surface area contributed by atoms with Crippen molar-refractivity contribution in [3.05, 3.63) is 58.1 Å². The Bertz CT molecular complexity index is 509. The number of rotatable bonds is 2. The van der Waals surface area contributed by atoms with Crippen LogP contribution in [0.5, 0.6) is 0 Å². The third-order valence-corrected chi connectivity index (χ3v) is 3.06. The molecule has 1 nitrogen and oxygen atoms in total. The molecule has 0 saturated heterocycles. The van der Waals surface area contributed by atoms with Gasteiger partial charge in [0.15, 0.2) is 0 Å². The highest BCUT2D eigenvalue weighted by Crippen LogP contribution is 2.27. The van der Waals surface area contributed by atoms with Gasteiger partial charge in [0.05, 0.1) is 10.7 Å². The predicted octanol–water partition coefficient (Wildman–Crippen LogP) is 5.05. The maximum Gasteiger partial charge on any atom is 0.0640 e. The van der Waals surface area contributed by atoms with Crippen molar-refractivity contribution in [2.45, 2.75) is 6.92 Å². The van der Waals surface area contributed by atoms with Crippen LogP contribution >= 0.6 is 23.2 Å². The maximum absolute atomic E-state index is 6.05. The topological polar surface area (TPSA) is 12.0 Å². The van der Waals surface area contributed by atoms with Crippen LogP contribution in [0.2, 0.25) is 10.0 Å². The molecule has 0 aliphatic rings. The van der Waals surface area contributed by atoms with E-state index < -0.39 is 0 Å². The van der Waals surface area contributed by atoms with Crippen LogP contribution in [-0.4, -0.2) is 0 Å². The molecule has 0 heterocycles. The van der Waals surface area contributed by atoms with E-state index in [1.54, 1.807) is 0 Å². The summed E-state index contributed by atoms with van der Waals surface area (Å²) in [4.78, 5) is 0. The number of aryl methyl sites for hydroxylation is 1. The number of nitrogens with one attached hydrogen (secondary N) is 1. The smallest absolute Gasteiger partial charge is 0.0640 e. The normalized spacial score (nSPS) is 10.2. The van der Waals surface area contributed by atoms with Gasteiger partial charge in [-0.25, -0.2) is 0 Å². The molecule has 0 aliphatic carbocycles. The summed E-state index contributed by atoms with van der Waals surface area (Å²) in [7, 11) is 0. The van der Waals surface area contributed by atoms with E-state index in [1.165, 1.54) is 0 Å². The van der Waals surface area contributed by atoms with Crippen LogP contribution < -0.4 is 5.32 Å². The second-order valence-electron chi connectivity index (χ2n) is 3.57. The molecule has 0 amide bonds. The average Bonchev–Trinajstić information content (AvgIpc) is 2.27. The van der Waals surface area contributed by atoms with Crippen LogP contribution in [0.4, 0.5) is 11.4 Å². The molecular weight excluding hydrogens is 241 g/mol. The van der Waals surface area contributed by atoms with Gasteiger partial charge in [-0.3, -0.25) is 0 Å². The Kier molecular flexibility index (Phi) is 3.37. The Hall–Kier alpha value is -1.18. The first-order chi connectivity index (χ1) is 7.66. The summed E-state index contributed by atoms with van der Waals surface area (Å²) in [5.41, 5.74) is 2.87. The molecule has 0 bridgehead atoms. The summed E-state index contributed by atoms with van der Waals surface area (Å²) in [5.74, 6) is 0. The molecule has 82 valence electrons. The third kappa shape index (κ3) is 2.49. The zero-order chi connectivity index (χ0) is 11.5.